The molecule has 0 atom stereocenters. The summed E-state index contributed by atoms with van der Waals surface area (Å²) in [4.78, 5) is 30.8. The summed E-state index contributed by atoms with van der Waals surface area (Å²) >= 11 is 2.28. The highest BCUT2D eigenvalue weighted by Crippen LogP contribution is 2.44. The molecule has 11 heteroatoms. The molecule has 3 N–H and O–H groups in total. The molecule has 0 bridgehead atoms. The lowest BCUT2D eigenvalue weighted by Crippen LogP contribution is -2.19. The Kier molecular flexibility index (Phi) is 5.08. The minimum Gasteiger partial charge on any atom is -0.365 e. The second-order valence-corrected chi connectivity index (χ2v) is 8.74. The number of carbonyl (C=O) groups is 2. The van der Waals surface area contributed by atoms with Gasteiger partial charge >= 0.3 is 0 Å². The maximum atomic E-state index is 13.5. The first-order valence-corrected chi connectivity index (χ1v) is 10.3. The first-order chi connectivity index (χ1) is 14.3. The Morgan fingerprint density at radius 3 is 2.57 bits per heavy atom. The number of nitrogens with zero attached hydrogens (tertiary/aromatic N) is 3. The third kappa shape index (κ3) is 3.46. The van der Waals surface area contributed by atoms with Crippen LogP contribution in [0, 0.1) is 6.92 Å². The van der Waals surface area contributed by atoms with Crippen molar-refractivity contribution in [3.8, 4) is 10.4 Å². The van der Waals surface area contributed by atoms with E-state index in [1.165, 1.54) is 34.3 Å². The van der Waals surface area contributed by atoms with E-state index in [1.807, 2.05) is 13.0 Å². The third-order valence-electron chi connectivity index (χ3n) is 4.43. The highest BCUT2D eigenvalue weighted by molar-refractivity contribution is 7.21. The predicted octanol–water partition coefficient (Wildman–Crippen LogP) is 4.36. The number of carbonyl (C=O) groups excluding carboxylic acids is 2. The SMILES string of the molecule is Cc1ccc(-c2cc(C(F)F)nc3sc(C(N)=O)c(NC(=O)c4ccnn4C)c23)s1. The summed E-state index contributed by atoms with van der Waals surface area (Å²) in [6.07, 6.45) is -1.33. The quantitative estimate of drug-likeness (QED) is 0.475. The first-order valence-electron chi connectivity index (χ1n) is 8.67. The highest BCUT2D eigenvalue weighted by Gasteiger charge is 2.26. The van der Waals surface area contributed by atoms with Gasteiger partial charge in [0.05, 0.1) is 5.69 Å². The van der Waals surface area contributed by atoms with Crippen molar-refractivity contribution in [1.82, 2.24) is 14.8 Å². The van der Waals surface area contributed by atoms with Gasteiger partial charge in [-0.15, -0.1) is 22.7 Å². The molecule has 0 radical (unpaired) electrons. The third-order valence-corrected chi connectivity index (χ3v) is 6.56. The topological polar surface area (TPSA) is 103 Å². The Hall–Kier alpha value is -3.18. The van der Waals surface area contributed by atoms with Gasteiger partial charge in [0, 0.05) is 33.9 Å². The molecule has 0 aliphatic rings. The van der Waals surface area contributed by atoms with Gasteiger partial charge in [0.2, 0.25) is 0 Å². The van der Waals surface area contributed by atoms with Crippen molar-refractivity contribution in [1.29, 1.82) is 0 Å². The summed E-state index contributed by atoms with van der Waals surface area (Å²) in [6.45, 7) is 1.90. The molecule has 0 aromatic carbocycles. The van der Waals surface area contributed by atoms with Crippen molar-refractivity contribution in [3.63, 3.8) is 0 Å². The molecule has 0 unspecified atom stereocenters. The van der Waals surface area contributed by atoms with Gasteiger partial charge in [-0.25, -0.2) is 13.8 Å². The van der Waals surface area contributed by atoms with Crippen LogP contribution in [0.15, 0.2) is 30.5 Å². The maximum Gasteiger partial charge on any atom is 0.280 e. The molecule has 0 saturated heterocycles. The van der Waals surface area contributed by atoms with Crippen LogP contribution < -0.4 is 11.1 Å². The summed E-state index contributed by atoms with van der Waals surface area (Å²) in [5, 5.41) is 7.07. The minimum atomic E-state index is -2.79. The Morgan fingerprint density at radius 1 is 1.23 bits per heavy atom. The van der Waals surface area contributed by atoms with E-state index < -0.39 is 23.9 Å². The van der Waals surface area contributed by atoms with Crippen molar-refractivity contribution in [3.05, 3.63) is 51.6 Å². The van der Waals surface area contributed by atoms with Crippen LogP contribution in [0.3, 0.4) is 0 Å². The summed E-state index contributed by atoms with van der Waals surface area (Å²) in [7, 11) is 1.60. The number of rotatable bonds is 5. The van der Waals surface area contributed by atoms with Gasteiger partial charge in [-0.05, 0) is 31.2 Å². The first kappa shape index (κ1) is 20.1. The van der Waals surface area contributed by atoms with E-state index in [1.54, 1.807) is 13.1 Å². The average Bonchev–Trinajstić information content (AvgIpc) is 3.39. The number of nitrogens with one attached hydrogen (secondary N) is 1. The zero-order chi connectivity index (χ0) is 21.6. The van der Waals surface area contributed by atoms with Gasteiger partial charge in [0.1, 0.15) is 21.1 Å². The van der Waals surface area contributed by atoms with E-state index in [2.05, 4.69) is 15.4 Å². The van der Waals surface area contributed by atoms with Crippen LogP contribution in [-0.2, 0) is 7.05 Å². The van der Waals surface area contributed by atoms with Crippen molar-refractivity contribution in [2.24, 2.45) is 12.8 Å². The van der Waals surface area contributed by atoms with Crippen LogP contribution in [0.25, 0.3) is 20.7 Å². The number of anilines is 1. The second-order valence-electron chi connectivity index (χ2n) is 6.45. The predicted molar refractivity (Wildman–Crippen MR) is 112 cm³/mol. The molecule has 4 aromatic rings. The van der Waals surface area contributed by atoms with Crippen molar-refractivity contribution < 1.29 is 18.4 Å². The molecule has 0 aliphatic heterocycles. The molecule has 4 aromatic heterocycles. The van der Waals surface area contributed by atoms with Crippen LogP contribution >= 0.6 is 22.7 Å². The lowest BCUT2D eigenvalue weighted by atomic mass is 10.1. The summed E-state index contributed by atoms with van der Waals surface area (Å²) in [5.74, 6) is -1.30. The number of nitrogens with two attached hydrogens (primary N) is 1. The van der Waals surface area contributed by atoms with E-state index in [-0.39, 0.29) is 21.1 Å². The number of thiophene rings is 2. The van der Waals surface area contributed by atoms with Crippen LogP contribution in [0.5, 0.6) is 0 Å². The molecular weight excluding hydrogens is 432 g/mol. The van der Waals surface area contributed by atoms with Gasteiger partial charge in [0.25, 0.3) is 18.2 Å². The van der Waals surface area contributed by atoms with Crippen LogP contribution in [0.4, 0.5) is 14.5 Å². The van der Waals surface area contributed by atoms with Crippen molar-refractivity contribution in [2.45, 2.75) is 13.3 Å². The molecule has 7 nitrogen and oxygen atoms in total. The molecule has 4 heterocycles. The number of hydrogen-bond donors (Lipinski definition) is 2. The Labute approximate surface area is 177 Å². The molecular formula is C19H15F2N5O2S2. The molecule has 154 valence electrons. The van der Waals surface area contributed by atoms with Crippen LogP contribution in [-0.4, -0.2) is 26.6 Å². The molecule has 0 saturated carbocycles. The van der Waals surface area contributed by atoms with E-state index in [9.17, 15) is 18.4 Å². The monoisotopic (exact) mass is 447 g/mol. The zero-order valence-corrected chi connectivity index (χ0v) is 17.4. The fourth-order valence-corrected chi connectivity index (χ4v) is 4.97. The van der Waals surface area contributed by atoms with Crippen molar-refractivity contribution >= 4 is 50.4 Å². The van der Waals surface area contributed by atoms with Crippen LogP contribution in [0.1, 0.15) is 37.2 Å². The van der Waals surface area contributed by atoms with Gasteiger partial charge in [-0.2, -0.15) is 5.10 Å². The number of primary amides is 1. The van der Waals surface area contributed by atoms with Gasteiger partial charge in [0.15, 0.2) is 0 Å². The Bertz CT molecular complexity index is 1290. The Balaban J connectivity index is 1.98. The molecule has 30 heavy (non-hydrogen) atoms. The van der Waals surface area contributed by atoms with Gasteiger partial charge in [-0.3, -0.25) is 14.3 Å². The average molecular weight is 447 g/mol. The van der Waals surface area contributed by atoms with E-state index >= 15 is 0 Å². The molecule has 0 fully saturated rings. The standard InChI is InChI=1S/C19H15F2N5O2S2/c1-8-3-4-12(29-8)9-7-10(16(20)21)24-19-13(9)14(15(30-19)17(22)27)25-18(28)11-5-6-23-26(11)2/h3-7,16H,1-2H3,(H2,22,27)(H,25,28). The fourth-order valence-electron chi connectivity index (χ4n) is 3.07. The molecule has 4 rings (SSSR count). The van der Waals surface area contributed by atoms with E-state index in [0.717, 1.165) is 16.2 Å². The molecule has 2 amide bonds. The number of hydrogen-bond acceptors (Lipinski definition) is 6. The number of aromatic nitrogens is 3. The number of pyridine rings is 1. The lowest BCUT2D eigenvalue weighted by Gasteiger charge is -2.10. The minimum absolute atomic E-state index is 0.0361. The largest absolute Gasteiger partial charge is 0.365 e. The second kappa shape index (κ2) is 7.58. The van der Waals surface area contributed by atoms with Gasteiger partial charge < -0.3 is 11.1 Å². The number of alkyl halides is 2. The summed E-state index contributed by atoms with van der Waals surface area (Å²) in [5.41, 5.74) is 5.98. The summed E-state index contributed by atoms with van der Waals surface area (Å²) < 4.78 is 28.3. The number of amides is 2. The molecule has 0 aliphatic carbocycles. The summed E-state index contributed by atoms with van der Waals surface area (Å²) in [6, 6.07) is 6.47. The van der Waals surface area contributed by atoms with E-state index in [4.69, 9.17) is 5.73 Å². The lowest BCUT2D eigenvalue weighted by molar-refractivity contribution is 0.100. The highest BCUT2D eigenvalue weighted by atomic mass is 32.1. The fraction of sp³-hybridized carbons (Fsp3) is 0.158. The smallest absolute Gasteiger partial charge is 0.280 e. The van der Waals surface area contributed by atoms with E-state index in [0.29, 0.717) is 15.8 Å². The van der Waals surface area contributed by atoms with Crippen molar-refractivity contribution in [2.75, 3.05) is 5.32 Å². The van der Waals surface area contributed by atoms with Gasteiger partial charge in [-0.1, -0.05) is 0 Å². The number of fused-ring (bicyclic) bond motifs is 1. The Morgan fingerprint density at radius 2 is 2.00 bits per heavy atom. The maximum absolute atomic E-state index is 13.5. The number of aryl methyl sites for hydroxylation is 2. The zero-order valence-electron chi connectivity index (χ0n) is 15.8. The normalized spacial score (nSPS) is 11.4. The number of halogens is 2. The molecule has 0 spiro atoms. The van der Waals surface area contributed by atoms with Crippen LogP contribution in [0.2, 0.25) is 0 Å².